The van der Waals surface area contributed by atoms with Crippen LogP contribution < -0.4 is 0 Å². The lowest BCUT2D eigenvalue weighted by atomic mass is 10.00. The van der Waals surface area contributed by atoms with E-state index in [1.807, 2.05) is 18.4 Å². The van der Waals surface area contributed by atoms with Crippen LogP contribution >= 0.6 is 11.8 Å². The van der Waals surface area contributed by atoms with Gasteiger partial charge in [-0.1, -0.05) is 12.1 Å². The van der Waals surface area contributed by atoms with Gasteiger partial charge < -0.3 is 4.74 Å². The molecule has 0 heterocycles. The summed E-state index contributed by atoms with van der Waals surface area (Å²) in [5, 5.41) is 0. The van der Waals surface area contributed by atoms with Crippen LogP contribution in [-0.4, -0.2) is 24.6 Å². The smallest absolute Gasteiger partial charge is 0.316 e. The van der Waals surface area contributed by atoms with Crippen molar-refractivity contribution in [2.24, 2.45) is 5.92 Å². The third-order valence-corrected chi connectivity index (χ3v) is 3.15. The van der Waals surface area contributed by atoms with Gasteiger partial charge in [0.05, 0.1) is 6.61 Å². The molecule has 0 N–H and O–H groups in total. The van der Waals surface area contributed by atoms with Gasteiger partial charge >= 0.3 is 5.97 Å². The first-order valence-electron chi connectivity index (χ1n) is 5.45. The zero-order valence-corrected chi connectivity index (χ0v) is 11.0. The number of ketones is 1. The zero-order valence-electron chi connectivity index (χ0n) is 10.2. The molecule has 92 valence electrons. The Morgan fingerprint density at radius 3 is 2.35 bits per heavy atom. The van der Waals surface area contributed by atoms with Crippen molar-refractivity contribution in [1.29, 1.82) is 0 Å². The van der Waals surface area contributed by atoms with Crippen molar-refractivity contribution < 1.29 is 14.3 Å². The highest BCUT2D eigenvalue weighted by Gasteiger charge is 2.23. The topological polar surface area (TPSA) is 43.4 Å². The number of hydrogen-bond donors (Lipinski definition) is 0. The summed E-state index contributed by atoms with van der Waals surface area (Å²) in [4.78, 5) is 24.5. The number of carbonyl (C=O) groups is 2. The van der Waals surface area contributed by atoms with Gasteiger partial charge in [-0.05, 0) is 32.2 Å². The van der Waals surface area contributed by atoms with Crippen LogP contribution in [0.3, 0.4) is 0 Å². The first kappa shape index (κ1) is 13.8. The molecule has 0 aliphatic carbocycles. The van der Waals surface area contributed by atoms with Crippen LogP contribution in [0, 0.1) is 5.92 Å². The molecule has 0 bridgehead atoms. The fourth-order valence-corrected chi connectivity index (χ4v) is 1.79. The van der Waals surface area contributed by atoms with E-state index in [1.165, 1.54) is 0 Å². The Morgan fingerprint density at radius 1 is 1.29 bits per heavy atom. The highest BCUT2D eigenvalue weighted by atomic mass is 32.2. The Labute approximate surface area is 106 Å². The predicted octanol–water partition coefficient (Wildman–Crippen LogP) is 2.79. The van der Waals surface area contributed by atoms with E-state index in [4.69, 9.17) is 4.74 Å². The molecule has 0 aromatic heterocycles. The van der Waals surface area contributed by atoms with E-state index in [1.54, 1.807) is 37.7 Å². The average molecular weight is 252 g/mol. The van der Waals surface area contributed by atoms with Crippen molar-refractivity contribution in [3.05, 3.63) is 29.8 Å². The van der Waals surface area contributed by atoms with E-state index in [0.717, 1.165) is 4.90 Å². The highest BCUT2D eigenvalue weighted by Crippen LogP contribution is 2.17. The summed E-state index contributed by atoms with van der Waals surface area (Å²) in [7, 11) is 0. The summed E-state index contributed by atoms with van der Waals surface area (Å²) < 4.78 is 4.83. The van der Waals surface area contributed by atoms with Crippen molar-refractivity contribution in [2.75, 3.05) is 12.9 Å². The third kappa shape index (κ3) is 3.60. The predicted molar refractivity (Wildman–Crippen MR) is 68.4 cm³/mol. The summed E-state index contributed by atoms with van der Waals surface area (Å²) in [6.07, 6.45) is 1.97. The maximum atomic E-state index is 12.0. The third-order valence-electron chi connectivity index (χ3n) is 2.41. The van der Waals surface area contributed by atoms with E-state index in [2.05, 4.69) is 0 Å². The van der Waals surface area contributed by atoms with Gasteiger partial charge in [0.2, 0.25) is 0 Å². The number of thioether (sulfide) groups is 1. The highest BCUT2D eigenvalue weighted by molar-refractivity contribution is 7.98. The van der Waals surface area contributed by atoms with E-state index in [0.29, 0.717) is 12.2 Å². The number of benzene rings is 1. The first-order valence-corrected chi connectivity index (χ1v) is 6.67. The molecule has 0 aliphatic heterocycles. The van der Waals surface area contributed by atoms with E-state index in [-0.39, 0.29) is 5.78 Å². The van der Waals surface area contributed by atoms with Crippen LogP contribution in [-0.2, 0) is 9.53 Å². The molecular weight excluding hydrogens is 236 g/mol. The second kappa shape index (κ2) is 6.45. The summed E-state index contributed by atoms with van der Waals surface area (Å²) in [5.74, 6) is -1.40. The van der Waals surface area contributed by atoms with E-state index in [9.17, 15) is 9.59 Å². The number of carbonyl (C=O) groups excluding carboxylic acids is 2. The summed E-state index contributed by atoms with van der Waals surface area (Å²) >= 11 is 1.61. The Hall–Kier alpha value is -1.29. The maximum absolute atomic E-state index is 12.0. The SMILES string of the molecule is CCOC(=O)C(C)C(=O)c1ccc(SC)cc1. The molecule has 1 rings (SSSR count). The molecule has 4 heteroatoms. The second-order valence-corrected chi connectivity index (χ2v) is 4.45. The Balaban J connectivity index is 2.77. The van der Waals surface area contributed by atoms with Gasteiger partial charge in [-0.3, -0.25) is 9.59 Å². The van der Waals surface area contributed by atoms with Crippen molar-refractivity contribution in [2.45, 2.75) is 18.7 Å². The Morgan fingerprint density at radius 2 is 1.88 bits per heavy atom. The molecule has 1 atom stereocenters. The molecule has 0 fully saturated rings. The fourth-order valence-electron chi connectivity index (χ4n) is 1.38. The quantitative estimate of drug-likeness (QED) is 0.350. The minimum absolute atomic E-state index is 0.198. The van der Waals surface area contributed by atoms with Crippen LogP contribution in [0.25, 0.3) is 0 Å². The van der Waals surface area contributed by atoms with Crippen LogP contribution in [0.1, 0.15) is 24.2 Å². The minimum atomic E-state index is -0.741. The number of hydrogen-bond acceptors (Lipinski definition) is 4. The maximum Gasteiger partial charge on any atom is 0.316 e. The zero-order chi connectivity index (χ0) is 12.8. The molecule has 0 saturated carbocycles. The van der Waals surface area contributed by atoms with Gasteiger partial charge in [0.1, 0.15) is 5.92 Å². The number of Topliss-reactive ketones (excluding diaryl/α,β-unsaturated/α-hetero) is 1. The molecule has 1 aromatic carbocycles. The fraction of sp³-hybridized carbons (Fsp3) is 0.385. The monoisotopic (exact) mass is 252 g/mol. The Kier molecular flexibility index (Phi) is 5.22. The molecular formula is C13H16O3S. The average Bonchev–Trinajstić information content (AvgIpc) is 2.37. The summed E-state index contributed by atoms with van der Waals surface area (Å²) in [6.45, 7) is 3.59. The van der Waals surface area contributed by atoms with E-state index >= 15 is 0 Å². The lowest BCUT2D eigenvalue weighted by Gasteiger charge is -2.09. The number of ether oxygens (including phenoxy) is 1. The van der Waals surface area contributed by atoms with Crippen molar-refractivity contribution >= 4 is 23.5 Å². The van der Waals surface area contributed by atoms with Gasteiger partial charge in [0.25, 0.3) is 0 Å². The van der Waals surface area contributed by atoms with Crippen LogP contribution in [0.5, 0.6) is 0 Å². The number of rotatable bonds is 5. The largest absolute Gasteiger partial charge is 0.465 e. The van der Waals surface area contributed by atoms with Crippen molar-refractivity contribution in [3.8, 4) is 0 Å². The van der Waals surface area contributed by atoms with Crippen molar-refractivity contribution in [1.82, 2.24) is 0 Å². The molecule has 1 aromatic rings. The molecule has 0 spiro atoms. The van der Waals surface area contributed by atoms with Gasteiger partial charge in [-0.15, -0.1) is 11.8 Å². The normalized spacial score (nSPS) is 11.9. The Bertz CT molecular complexity index is 398. The molecule has 3 nitrogen and oxygen atoms in total. The first-order chi connectivity index (χ1) is 8.10. The second-order valence-electron chi connectivity index (χ2n) is 3.57. The van der Waals surface area contributed by atoms with Gasteiger partial charge in [-0.25, -0.2) is 0 Å². The van der Waals surface area contributed by atoms with Crippen LogP contribution in [0.4, 0.5) is 0 Å². The summed E-state index contributed by atoms with van der Waals surface area (Å²) in [5.41, 5.74) is 0.545. The molecule has 0 amide bonds. The lowest BCUT2D eigenvalue weighted by Crippen LogP contribution is -2.23. The number of esters is 1. The van der Waals surface area contributed by atoms with Gasteiger partial charge in [-0.2, -0.15) is 0 Å². The minimum Gasteiger partial charge on any atom is -0.465 e. The summed E-state index contributed by atoms with van der Waals surface area (Å²) in [6, 6.07) is 7.22. The lowest BCUT2D eigenvalue weighted by molar-refractivity contribution is -0.145. The molecule has 0 aliphatic rings. The molecule has 0 saturated heterocycles. The van der Waals surface area contributed by atoms with Crippen LogP contribution in [0.2, 0.25) is 0 Å². The van der Waals surface area contributed by atoms with Crippen molar-refractivity contribution in [3.63, 3.8) is 0 Å². The van der Waals surface area contributed by atoms with Gasteiger partial charge in [0.15, 0.2) is 5.78 Å². The molecule has 17 heavy (non-hydrogen) atoms. The molecule has 0 radical (unpaired) electrons. The molecule has 1 unspecified atom stereocenters. The van der Waals surface area contributed by atoms with Crippen LogP contribution in [0.15, 0.2) is 29.2 Å². The van der Waals surface area contributed by atoms with Gasteiger partial charge in [0, 0.05) is 10.5 Å². The van der Waals surface area contributed by atoms with E-state index < -0.39 is 11.9 Å². The standard InChI is InChI=1S/C13H16O3S/c1-4-16-13(15)9(2)12(14)10-5-7-11(17-3)8-6-10/h5-9H,4H2,1-3H3.